The number of unbranched alkanes of at least 4 members (excludes halogenated alkanes) is 1. The van der Waals surface area contributed by atoms with Crippen LogP contribution >= 0.6 is 0 Å². The molecule has 1 amide bonds. The highest BCUT2D eigenvalue weighted by Crippen LogP contribution is 1.93. The monoisotopic (exact) mass is 197 g/mol. The first-order chi connectivity index (χ1) is 6.70. The summed E-state index contributed by atoms with van der Waals surface area (Å²) in [6, 6.07) is 0. The molecule has 4 heteroatoms. The minimum absolute atomic E-state index is 0.117. The van der Waals surface area contributed by atoms with E-state index in [0.29, 0.717) is 19.5 Å². The fourth-order valence-corrected chi connectivity index (χ4v) is 1.02. The number of nitrogens with one attached hydrogen (secondary N) is 1. The minimum Gasteiger partial charge on any atom is -0.356 e. The average molecular weight is 197 g/mol. The molecule has 0 aromatic carbocycles. The summed E-state index contributed by atoms with van der Waals surface area (Å²) in [4.78, 5) is 12.7. The van der Waals surface area contributed by atoms with Gasteiger partial charge in [0.25, 0.3) is 0 Å². The highest BCUT2D eigenvalue weighted by Gasteiger charge is 1.99. The van der Waals surface area contributed by atoms with Gasteiger partial charge < -0.3 is 10.2 Å². The SMILES string of the molecule is CCCCC(=O)NCCCN(C)C#N. The minimum atomic E-state index is 0.117. The van der Waals surface area contributed by atoms with E-state index < -0.39 is 0 Å². The van der Waals surface area contributed by atoms with Gasteiger partial charge in [-0.3, -0.25) is 4.79 Å². The zero-order chi connectivity index (χ0) is 10.8. The molecular formula is C10H19N3O. The molecule has 14 heavy (non-hydrogen) atoms. The Kier molecular flexibility index (Phi) is 7.62. The van der Waals surface area contributed by atoms with Crippen molar-refractivity contribution in [3.05, 3.63) is 0 Å². The molecule has 0 aliphatic carbocycles. The molecule has 0 saturated heterocycles. The molecule has 0 aromatic heterocycles. The Morgan fingerprint density at radius 2 is 2.21 bits per heavy atom. The van der Waals surface area contributed by atoms with Crippen molar-refractivity contribution in [1.29, 1.82) is 5.26 Å². The molecule has 0 spiro atoms. The first-order valence-electron chi connectivity index (χ1n) is 5.08. The van der Waals surface area contributed by atoms with E-state index in [0.717, 1.165) is 19.3 Å². The normalized spacial score (nSPS) is 9.21. The lowest BCUT2D eigenvalue weighted by Crippen LogP contribution is -2.26. The van der Waals surface area contributed by atoms with Crippen LogP contribution in [0.15, 0.2) is 0 Å². The van der Waals surface area contributed by atoms with Gasteiger partial charge in [0.05, 0.1) is 0 Å². The van der Waals surface area contributed by atoms with Crippen molar-refractivity contribution in [1.82, 2.24) is 10.2 Å². The number of nitrogens with zero attached hydrogens (tertiary/aromatic N) is 2. The summed E-state index contributed by atoms with van der Waals surface area (Å²) in [5, 5.41) is 11.3. The van der Waals surface area contributed by atoms with Crippen molar-refractivity contribution < 1.29 is 4.79 Å². The molecule has 0 fully saturated rings. The maximum Gasteiger partial charge on any atom is 0.219 e. The molecule has 1 N–H and O–H groups in total. The number of carbonyl (C=O) groups excluding carboxylic acids is 1. The average Bonchev–Trinajstić information content (AvgIpc) is 2.21. The third-order valence-corrected chi connectivity index (χ3v) is 1.92. The molecule has 0 bridgehead atoms. The van der Waals surface area contributed by atoms with Crippen LogP contribution in [-0.2, 0) is 4.79 Å². The molecule has 0 aliphatic heterocycles. The van der Waals surface area contributed by atoms with E-state index in [-0.39, 0.29) is 5.91 Å². The zero-order valence-corrected chi connectivity index (χ0v) is 9.05. The van der Waals surface area contributed by atoms with E-state index in [4.69, 9.17) is 5.26 Å². The summed E-state index contributed by atoms with van der Waals surface area (Å²) < 4.78 is 0. The maximum absolute atomic E-state index is 11.1. The van der Waals surface area contributed by atoms with Crippen LogP contribution in [0.25, 0.3) is 0 Å². The molecular weight excluding hydrogens is 178 g/mol. The molecule has 0 saturated carbocycles. The molecule has 0 heterocycles. The fourth-order valence-electron chi connectivity index (χ4n) is 1.02. The molecule has 0 aliphatic rings. The van der Waals surface area contributed by atoms with E-state index in [1.165, 1.54) is 0 Å². The number of amides is 1. The van der Waals surface area contributed by atoms with Gasteiger partial charge in [-0.15, -0.1) is 0 Å². The first kappa shape index (κ1) is 12.8. The van der Waals surface area contributed by atoms with Crippen LogP contribution in [0.3, 0.4) is 0 Å². The van der Waals surface area contributed by atoms with Crippen LogP contribution in [0.2, 0.25) is 0 Å². The predicted octanol–water partition coefficient (Wildman–Crippen LogP) is 1.10. The summed E-state index contributed by atoms with van der Waals surface area (Å²) >= 11 is 0. The van der Waals surface area contributed by atoms with Gasteiger partial charge in [0.2, 0.25) is 5.91 Å². The lowest BCUT2D eigenvalue weighted by Gasteiger charge is -2.08. The number of hydrogen-bond acceptors (Lipinski definition) is 3. The molecule has 0 rings (SSSR count). The molecule has 0 atom stereocenters. The Labute approximate surface area is 85.9 Å². The summed E-state index contributed by atoms with van der Waals surface area (Å²) in [5.41, 5.74) is 0. The van der Waals surface area contributed by atoms with Gasteiger partial charge >= 0.3 is 0 Å². The van der Waals surface area contributed by atoms with Gasteiger partial charge in [-0.2, -0.15) is 5.26 Å². The van der Waals surface area contributed by atoms with E-state index in [1.807, 2.05) is 6.19 Å². The standard InChI is InChI=1S/C10H19N3O/c1-3-4-6-10(14)12-7-5-8-13(2)9-11/h3-8H2,1-2H3,(H,12,14). The lowest BCUT2D eigenvalue weighted by atomic mass is 10.2. The van der Waals surface area contributed by atoms with Crippen LogP contribution in [-0.4, -0.2) is 30.9 Å². The fraction of sp³-hybridized carbons (Fsp3) is 0.800. The largest absolute Gasteiger partial charge is 0.356 e. The van der Waals surface area contributed by atoms with E-state index in [1.54, 1.807) is 11.9 Å². The molecule has 0 unspecified atom stereocenters. The third-order valence-electron chi connectivity index (χ3n) is 1.92. The summed E-state index contributed by atoms with van der Waals surface area (Å²) in [7, 11) is 1.74. The van der Waals surface area contributed by atoms with Crippen molar-refractivity contribution in [3.8, 4) is 6.19 Å². The topological polar surface area (TPSA) is 56.1 Å². The third kappa shape index (κ3) is 7.41. The highest BCUT2D eigenvalue weighted by atomic mass is 16.1. The summed E-state index contributed by atoms with van der Waals surface area (Å²) in [6.45, 7) is 3.42. The highest BCUT2D eigenvalue weighted by molar-refractivity contribution is 5.75. The number of hydrogen-bond donors (Lipinski definition) is 1. The number of carbonyl (C=O) groups is 1. The Morgan fingerprint density at radius 3 is 2.79 bits per heavy atom. The van der Waals surface area contributed by atoms with Gasteiger partial charge in [0, 0.05) is 26.6 Å². The predicted molar refractivity (Wildman–Crippen MR) is 55.4 cm³/mol. The molecule has 80 valence electrons. The summed E-state index contributed by atoms with van der Waals surface area (Å²) in [6.07, 6.45) is 5.44. The van der Waals surface area contributed by atoms with Crippen molar-refractivity contribution in [2.75, 3.05) is 20.1 Å². The Bertz CT molecular complexity index is 198. The smallest absolute Gasteiger partial charge is 0.219 e. The quantitative estimate of drug-likeness (QED) is 0.377. The van der Waals surface area contributed by atoms with Crippen LogP contribution < -0.4 is 5.32 Å². The molecule has 4 nitrogen and oxygen atoms in total. The lowest BCUT2D eigenvalue weighted by molar-refractivity contribution is -0.121. The van der Waals surface area contributed by atoms with Gasteiger partial charge in [-0.1, -0.05) is 13.3 Å². The second-order valence-corrected chi connectivity index (χ2v) is 3.33. The van der Waals surface area contributed by atoms with Crippen molar-refractivity contribution in [3.63, 3.8) is 0 Å². The van der Waals surface area contributed by atoms with Crippen LogP contribution in [0.4, 0.5) is 0 Å². The Hall–Kier alpha value is -1.24. The number of nitriles is 1. The second-order valence-electron chi connectivity index (χ2n) is 3.33. The van der Waals surface area contributed by atoms with Crippen LogP contribution in [0.5, 0.6) is 0 Å². The number of rotatable bonds is 7. The molecule has 0 radical (unpaired) electrons. The van der Waals surface area contributed by atoms with Crippen molar-refractivity contribution in [2.24, 2.45) is 0 Å². The second kappa shape index (κ2) is 8.36. The van der Waals surface area contributed by atoms with E-state index >= 15 is 0 Å². The van der Waals surface area contributed by atoms with Gasteiger partial charge in [-0.25, -0.2) is 0 Å². The molecule has 0 aromatic rings. The van der Waals surface area contributed by atoms with Gasteiger partial charge in [-0.05, 0) is 12.8 Å². The summed E-state index contributed by atoms with van der Waals surface area (Å²) in [5.74, 6) is 0.117. The van der Waals surface area contributed by atoms with E-state index in [2.05, 4.69) is 12.2 Å². The van der Waals surface area contributed by atoms with E-state index in [9.17, 15) is 4.79 Å². The first-order valence-corrected chi connectivity index (χ1v) is 5.08. The zero-order valence-electron chi connectivity index (χ0n) is 9.05. The van der Waals surface area contributed by atoms with Crippen molar-refractivity contribution >= 4 is 5.91 Å². The van der Waals surface area contributed by atoms with Gasteiger partial charge in [0.1, 0.15) is 0 Å². The Balaban J connectivity index is 3.28. The van der Waals surface area contributed by atoms with Gasteiger partial charge in [0.15, 0.2) is 6.19 Å². The maximum atomic E-state index is 11.1. The van der Waals surface area contributed by atoms with Crippen LogP contribution in [0, 0.1) is 11.5 Å². The van der Waals surface area contributed by atoms with Crippen molar-refractivity contribution in [2.45, 2.75) is 32.6 Å². The Morgan fingerprint density at radius 1 is 1.50 bits per heavy atom. The van der Waals surface area contributed by atoms with Crippen LogP contribution in [0.1, 0.15) is 32.6 Å².